The van der Waals surface area contributed by atoms with E-state index in [1.165, 1.54) is 6.07 Å². The second-order valence-electron chi connectivity index (χ2n) is 5.46. The van der Waals surface area contributed by atoms with Crippen molar-refractivity contribution in [2.45, 2.75) is 13.8 Å². The van der Waals surface area contributed by atoms with Gasteiger partial charge in [-0.3, -0.25) is 14.9 Å². The minimum absolute atomic E-state index is 0.0714. The number of para-hydroxylation sites is 2. The van der Waals surface area contributed by atoms with E-state index in [1.54, 1.807) is 38.1 Å². The van der Waals surface area contributed by atoms with Crippen LogP contribution in [0.2, 0.25) is 0 Å². The molecule has 3 rings (SSSR count). The summed E-state index contributed by atoms with van der Waals surface area (Å²) < 4.78 is 5.57. The molecule has 0 aliphatic heterocycles. The molecular weight excluding hydrogens is 322 g/mol. The number of nitrogens with one attached hydrogen (secondary N) is 1. The summed E-state index contributed by atoms with van der Waals surface area (Å²) in [6, 6.07) is 13.5. The summed E-state index contributed by atoms with van der Waals surface area (Å²) in [7, 11) is 0. The van der Waals surface area contributed by atoms with E-state index in [9.17, 15) is 14.9 Å². The van der Waals surface area contributed by atoms with Crippen LogP contribution >= 0.6 is 0 Å². The highest BCUT2D eigenvalue weighted by Crippen LogP contribution is 2.24. The summed E-state index contributed by atoms with van der Waals surface area (Å²) in [5.74, 6) is -0.341. The van der Waals surface area contributed by atoms with Gasteiger partial charge in [0.25, 0.3) is 5.69 Å². The molecule has 0 spiro atoms. The van der Waals surface area contributed by atoms with Crippen molar-refractivity contribution >= 4 is 28.3 Å². The first-order valence-electron chi connectivity index (χ1n) is 7.55. The monoisotopic (exact) mass is 337 g/mol. The van der Waals surface area contributed by atoms with Gasteiger partial charge in [0.1, 0.15) is 5.58 Å². The molecule has 126 valence electrons. The Bertz CT molecular complexity index is 1000. The molecule has 7 nitrogen and oxygen atoms in total. The van der Waals surface area contributed by atoms with Crippen molar-refractivity contribution in [2.75, 3.05) is 0 Å². The molecule has 0 aliphatic carbocycles. The second kappa shape index (κ2) is 6.56. The molecule has 0 radical (unpaired) electrons. The highest BCUT2D eigenvalue weighted by atomic mass is 16.6. The highest BCUT2D eigenvalue weighted by Gasteiger charge is 2.18. The number of nitro benzene ring substituents is 1. The maximum absolute atomic E-state index is 12.3. The smallest absolute Gasteiger partial charge is 0.307 e. The lowest BCUT2D eigenvalue weighted by Crippen LogP contribution is -2.19. The predicted octanol–water partition coefficient (Wildman–Crippen LogP) is 3.80. The Morgan fingerprint density at radius 3 is 2.56 bits per heavy atom. The van der Waals surface area contributed by atoms with Gasteiger partial charge in [0.2, 0.25) is 0 Å². The summed E-state index contributed by atoms with van der Waals surface area (Å²) in [6.45, 7) is 3.38. The van der Waals surface area contributed by atoms with Crippen LogP contribution in [-0.4, -0.2) is 16.5 Å². The molecule has 0 aliphatic rings. The lowest BCUT2D eigenvalue weighted by Gasteiger charge is -2.03. The average molecular weight is 337 g/mol. The van der Waals surface area contributed by atoms with Gasteiger partial charge in [-0.1, -0.05) is 30.3 Å². The van der Waals surface area contributed by atoms with Gasteiger partial charge in [-0.2, -0.15) is 5.10 Å². The number of benzene rings is 2. The van der Waals surface area contributed by atoms with Crippen molar-refractivity contribution < 1.29 is 14.1 Å². The molecule has 0 bridgehead atoms. The van der Waals surface area contributed by atoms with Crippen molar-refractivity contribution in [1.82, 2.24) is 5.43 Å². The zero-order chi connectivity index (χ0) is 18.0. The number of nitrogens with zero attached hydrogens (tertiary/aromatic N) is 2. The lowest BCUT2D eigenvalue weighted by molar-refractivity contribution is -0.385. The van der Waals surface area contributed by atoms with Crippen LogP contribution in [-0.2, 0) is 0 Å². The van der Waals surface area contributed by atoms with Crippen LogP contribution in [0.1, 0.15) is 28.6 Å². The van der Waals surface area contributed by atoms with Crippen molar-refractivity contribution in [1.29, 1.82) is 0 Å². The van der Waals surface area contributed by atoms with E-state index in [-0.39, 0.29) is 11.4 Å². The maximum Gasteiger partial charge on any atom is 0.307 e. The average Bonchev–Trinajstić information content (AvgIpc) is 2.96. The molecule has 1 heterocycles. The number of hydrogen-bond acceptors (Lipinski definition) is 5. The first kappa shape index (κ1) is 16.4. The molecule has 0 saturated carbocycles. The Labute approximate surface area is 143 Å². The number of amides is 1. The Morgan fingerprint density at radius 2 is 1.84 bits per heavy atom. The molecule has 0 unspecified atom stereocenters. The van der Waals surface area contributed by atoms with Crippen LogP contribution in [0.15, 0.2) is 58.0 Å². The van der Waals surface area contributed by atoms with Crippen molar-refractivity contribution in [3.05, 3.63) is 75.5 Å². The normalized spacial score (nSPS) is 11.5. The number of nitro groups is 1. The van der Waals surface area contributed by atoms with Crippen LogP contribution in [0, 0.1) is 17.0 Å². The molecule has 0 saturated heterocycles. The van der Waals surface area contributed by atoms with E-state index in [0.29, 0.717) is 22.4 Å². The van der Waals surface area contributed by atoms with E-state index in [0.717, 1.165) is 5.39 Å². The maximum atomic E-state index is 12.3. The van der Waals surface area contributed by atoms with Gasteiger partial charge < -0.3 is 4.42 Å². The number of fused-ring (bicyclic) bond motifs is 1. The molecule has 1 amide bonds. The van der Waals surface area contributed by atoms with Crippen molar-refractivity contribution in [3.63, 3.8) is 0 Å². The summed E-state index contributed by atoms with van der Waals surface area (Å²) >= 11 is 0. The minimum Gasteiger partial charge on any atom is -0.451 e. The SMILES string of the molecule is C/C(=N/NC(=O)c1oc2ccccc2c1C)c1ccccc1[N+](=O)[O-]. The number of furan rings is 1. The number of carbonyl (C=O) groups is 1. The summed E-state index contributed by atoms with van der Waals surface area (Å²) in [5.41, 5.74) is 4.33. The van der Waals surface area contributed by atoms with Gasteiger partial charge in [-0.05, 0) is 26.0 Å². The Kier molecular flexibility index (Phi) is 4.30. The third-order valence-corrected chi connectivity index (χ3v) is 3.87. The van der Waals surface area contributed by atoms with Crippen LogP contribution in [0.4, 0.5) is 5.69 Å². The van der Waals surface area contributed by atoms with Gasteiger partial charge in [0.15, 0.2) is 5.76 Å². The summed E-state index contributed by atoms with van der Waals surface area (Å²) in [4.78, 5) is 22.9. The first-order valence-corrected chi connectivity index (χ1v) is 7.55. The fourth-order valence-corrected chi connectivity index (χ4v) is 2.58. The van der Waals surface area contributed by atoms with Gasteiger partial charge in [-0.15, -0.1) is 0 Å². The molecule has 3 aromatic rings. The second-order valence-corrected chi connectivity index (χ2v) is 5.46. The predicted molar refractivity (Wildman–Crippen MR) is 93.7 cm³/mol. The van der Waals surface area contributed by atoms with E-state index in [4.69, 9.17) is 4.42 Å². The van der Waals surface area contributed by atoms with Gasteiger partial charge in [-0.25, -0.2) is 5.43 Å². The number of hydrogen-bond donors (Lipinski definition) is 1. The van der Waals surface area contributed by atoms with Crippen LogP contribution in [0.3, 0.4) is 0 Å². The fourth-order valence-electron chi connectivity index (χ4n) is 2.58. The van der Waals surface area contributed by atoms with Crippen LogP contribution in [0.25, 0.3) is 11.0 Å². The first-order chi connectivity index (χ1) is 12.0. The number of carbonyl (C=O) groups excluding carboxylic acids is 1. The zero-order valence-electron chi connectivity index (χ0n) is 13.6. The van der Waals surface area contributed by atoms with E-state index in [1.807, 2.05) is 18.2 Å². The third-order valence-electron chi connectivity index (χ3n) is 3.87. The van der Waals surface area contributed by atoms with E-state index in [2.05, 4.69) is 10.5 Å². The Morgan fingerprint density at radius 1 is 1.16 bits per heavy atom. The van der Waals surface area contributed by atoms with Gasteiger partial charge >= 0.3 is 5.91 Å². The highest BCUT2D eigenvalue weighted by molar-refractivity contribution is 6.04. The summed E-state index contributed by atoms with van der Waals surface area (Å²) in [5, 5.41) is 15.9. The Hall–Kier alpha value is -3.48. The molecule has 7 heteroatoms. The molecule has 25 heavy (non-hydrogen) atoms. The third kappa shape index (κ3) is 3.12. The number of rotatable bonds is 4. The molecule has 0 atom stereocenters. The van der Waals surface area contributed by atoms with Crippen molar-refractivity contribution in [2.24, 2.45) is 5.10 Å². The summed E-state index contributed by atoms with van der Waals surface area (Å²) in [6.07, 6.45) is 0. The molecule has 1 N–H and O–H groups in total. The van der Waals surface area contributed by atoms with Gasteiger partial charge in [0, 0.05) is 17.0 Å². The standard InChI is InChI=1S/C18H15N3O4/c1-11-13-7-4-6-10-16(13)25-17(11)18(22)20-19-12(2)14-8-3-5-9-15(14)21(23)24/h3-10H,1-2H3,(H,20,22)/b19-12-. The van der Waals surface area contributed by atoms with Crippen LogP contribution in [0.5, 0.6) is 0 Å². The minimum atomic E-state index is -0.508. The number of hydrazone groups is 1. The molecule has 1 aromatic heterocycles. The number of aryl methyl sites for hydroxylation is 1. The zero-order valence-corrected chi connectivity index (χ0v) is 13.6. The van der Waals surface area contributed by atoms with Gasteiger partial charge in [0.05, 0.1) is 16.2 Å². The van der Waals surface area contributed by atoms with E-state index < -0.39 is 10.8 Å². The quantitative estimate of drug-likeness (QED) is 0.445. The molecule has 0 fully saturated rings. The lowest BCUT2D eigenvalue weighted by atomic mass is 10.1. The Balaban J connectivity index is 1.87. The van der Waals surface area contributed by atoms with Crippen molar-refractivity contribution in [3.8, 4) is 0 Å². The topological polar surface area (TPSA) is 97.7 Å². The largest absolute Gasteiger partial charge is 0.451 e. The molecule has 2 aromatic carbocycles. The van der Waals surface area contributed by atoms with E-state index >= 15 is 0 Å². The van der Waals surface area contributed by atoms with Crippen LogP contribution < -0.4 is 5.43 Å². The fraction of sp³-hybridized carbons (Fsp3) is 0.111. The molecular formula is C18H15N3O4.